The lowest BCUT2D eigenvalue weighted by Crippen LogP contribution is -2.25. The molecule has 0 spiro atoms. The summed E-state index contributed by atoms with van der Waals surface area (Å²) < 4.78 is 11.8. The van der Waals surface area contributed by atoms with Crippen molar-refractivity contribution in [3.05, 3.63) is 36.1 Å². The Hall–Kier alpha value is -1.32. The number of rotatable bonds is 6. The first-order valence-electron chi connectivity index (χ1n) is 6.89. The van der Waals surface area contributed by atoms with E-state index in [2.05, 4.69) is 38.2 Å². The van der Waals surface area contributed by atoms with E-state index < -0.39 is 0 Å². The Balaban J connectivity index is 2.08. The molecule has 0 fully saturated rings. The van der Waals surface area contributed by atoms with Crippen molar-refractivity contribution >= 4 is 11.0 Å². The third-order valence-corrected chi connectivity index (χ3v) is 3.60. The van der Waals surface area contributed by atoms with Gasteiger partial charge in [0.2, 0.25) is 0 Å². The third-order valence-electron chi connectivity index (χ3n) is 3.60. The van der Waals surface area contributed by atoms with Gasteiger partial charge < -0.3 is 14.5 Å². The number of fused-ring (bicyclic) bond motifs is 1. The summed E-state index contributed by atoms with van der Waals surface area (Å²) in [5, 5.41) is 4.39. The quantitative estimate of drug-likeness (QED) is 0.860. The molecule has 0 aliphatic rings. The lowest BCUT2D eigenvalue weighted by Gasteiger charge is -2.20. The molecular weight excluding hydrogens is 238 g/mol. The van der Waals surface area contributed by atoms with E-state index in [1.54, 1.807) is 0 Å². The van der Waals surface area contributed by atoms with Gasteiger partial charge in [-0.1, -0.05) is 32.0 Å². The van der Waals surface area contributed by atoms with Crippen molar-refractivity contribution in [2.24, 2.45) is 5.92 Å². The van der Waals surface area contributed by atoms with Crippen molar-refractivity contribution in [1.29, 1.82) is 0 Å². The smallest absolute Gasteiger partial charge is 0.134 e. The van der Waals surface area contributed by atoms with E-state index in [4.69, 9.17) is 9.15 Å². The van der Waals surface area contributed by atoms with Crippen LogP contribution in [0.25, 0.3) is 11.0 Å². The van der Waals surface area contributed by atoms with Crippen LogP contribution in [0, 0.1) is 5.92 Å². The molecule has 0 saturated carbocycles. The summed E-state index contributed by atoms with van der Waals surface area (Å²) in [6.07, 6.45) is 0.250. The van der Waals surface area contributed by atoms with E-state index >= 15 is 0 Å². The minimum Gasteiger partial charge on any atom is -0.459 e. The van der Waals surface area contributed by atoms with Gasteiger partial charge in [-0.25, -0.2) is 0 Å². The number of hydrogen-bond donors (Lipinski definition) is 1. The van der Waals surface area contributed by atoms with E-state index in [1.807, 2.05) is 25.2 Å². The number of nitrogens with one attached hydrogen (secondary N) is 1. The van der Waals surface area contributed by atoms with Crippen LogP contribution in [-0.4, -0.2) is 19.8 Å². The van der Waals surface area contributed by atoms with Gasteiger partial charge in [0.15, 0.2) is 0 Å². The van der Waals surface area contributed by atoms with Gasteiger partial charge in [0, 0.05) is 5.39 Å². The maximum Gasteiger partial charge on any atom is 0.134 e. The van der Waals surface area contributed by atoms with Gasteiger partial charge in [0.25, 0.3) is 0 Å². The Morgan fingerprint density at radius 2 is 1.95 bits per heavy atom. The average molecular weight is 261 g/mol. The molecule has 19 heavy (non-hydrogen) atoms. The fraction of sp³-hybridized carbons (Fsp3) is 0.500. The molecule has 3 heteroatoms. The molecule has 2 aromatic rings. The highest BCUT2D eigenvalue weighted by Crippen LogP contribution is 2.24. The van der Waals surface area contributed by atoms with Gasteiger partial charge in [-0.05, 0) is 32.0 Å². The van der Waals surface area contributed by atoms with Crippen molar-refractivity contribution in [1.82, 2.24) is 5.32 Å². The molecule has 1 heterocycles. The second kappa shape index (κ2) is 6.22. The molecule has 1 N–H and O–H groups in total. The van der Waals surface area contributed by atoms with Gasteiger partial charge in [-0.15, -0.1) is 0 Å². The Labute approximate surface area is 114 Å². The van der Waals surface area contributed by atoms with E-state index in [-0.39, 0.29) is 12.1 Å². The predicted molar refractivity (Wildman–Crippen MR) is 78.3 cm³/mol. The zero-order valence-corrected chi connectivity index (χ0v) is 12.1. The fourth-order valence-corrected chi connectivity index (χ4v) is 1.92. The van der Waals surface area contributed by atoms with E-state index in [0.717, 1.165) is 16.7 Å². The number of benzene rings is 1. The number of furan rings is 1. The normalized spacial score (nSPS) is 15.0. The summed E-state index contributed by atoms with van der Waals surface area (Å²) in [5.74, 6) is 1.45. The molecule has 1 aromatic carbocycles. The van der Waals surface area contributed by atoms with Crippen molar-refractivity contribution < 1.29 is 9.15 Å². The van der Waals surface area contributed by atoms with Gasteiger partial charge >= 0.3 is 0 Å². The van der Waals surface area contributed by atoms with Crippen LogP contribution in [-0.2, 0) is 4.74 Å². The Morgan fingerprint density at radius 3 is 2.58 bits per heavy atom. The number of para-hydroxylation sites is 1. The highest BCUT2D eigenvalue weighted by molar-refractivity contribution is 5.77. The highest BCUT2D eigenvalue weighted by Gasteiger charge is 2.17. The second-order valence-electron chi connectivity index (χ2n) is 5.31. The molecule has 0 radical (unpaired) electrons. The molecule has 2 atom stereocenters. The lowest BCUT2D eigenvalue weighted by molar-refractivity contribution is 0.0201. The molecule has 0 aliphatic carbocycles. The molecule has 0 bridgehead atoms. The van der Waals surface area contributed by atoms with E-state index in [0.29, 0.717) is 12.5 Å². The van der Waals surface area contributed by atoms with Crippen LogP contribution in [0.4, 0.5) is 0 Å². The van der Waals surface area contributed by atoms with E-state index in [9.17, 15) is 0 Å². The molecule has 2 rings (SSSR count). The Kier molecular flexibility index (Phi) is 4.61. The minimum atomic E-state index is 0.0913. The van der Waals surface area contributed by atoms with Crippen molar-refractivity contribution in [3.8, 4) is 0 Å². The first-order valence-corrected chi connectivity index (χ1v) is 6.89. The fourth-order valence-electron chi connectivity index (χ4n) is 1.92. The second-order valence-corrected chi connectivity index (χ2v) is 5.31. The van der Waals surface area contributed by atoms with E-state index in [1.165, 1.54) is 0 Å². The van der Waals surface area contributed by atoms with Crippen LogP contribution < -0.4 is 5.32 Å². The first-order chi connectivity index (χ1) is 9.11. The predicted octanol–water partition coefficient (Wildman–Crippen LogP) is 3.75. The summed E-state index contributed by atoms with van der Waals surface area (Å²) in [5.41, 5.74) is 0.926. The SMILES string of the molecule is CNC(COC(C)C(C)C)c1cc2ccccc2o1. The Morgan fingerprint density at radius 1 is 1.21 bits per heavy atom. The molecule has 2 unspecified atom stereocenters. The summed E-state index contributed by atoms with van der Waals surface area (Å²) in [6, 6.07) is 10.2. The zero-order valence-electron chi connectivity index (χ0n) is 12.1. The summed E-state index contributed by atoms with van der Waals surface area (Å²) >= 11 is 0. The van der Waals surface area contributed by atoms with Crippen molar-refractivity contribution in [3.63, 3.8) is 0 Å². The molecule has 1 aromatic heterocycles. The van der Waals surface area contributed by atoms with Crippen LogP contribution in [0.5, 0.6) is 0 Å². The largest absolute Gasteiger partial charge is 0.459 e. The lowest BCUT2D eigenvalue weighted by atomic mass is 10.1. The average Bonchev–Trinajstić information content (AvgIpc) is 2.82. The maximum absolute atomic E-state index is 5.88. The zero-order chi connectivity index (χ0) is 13.8. The highest BCUT2D eigenvalue weighted by atomic mass is 16.5. The first kappa shape index (κ1) is 14.1. The van der Waals surface area contributed by atoms with Crippen molar-refractivity contribution in [2.45, 2.75) is 32.9 Å². The number of hydrogen-bond acceptors (Lipinski definition) is 3. The van der Waals surface area contributed by atoms with Crippen LogP contribution in [0.2, 0.25) is 0 Å². The molecule has 0 saturated heterocycles. The standard InChI is InChI=1S/C16H23NO2/c1-11(2)12(3)18-10-14(17-4)16-9-13-7-5-6-8-15(13)19-16/h5-9,11-12,14,17H,10H2,1-4H3. The maximum atomic E-state index is 5.88. The topological polar surface area (TPSA) is 34.4 Å². The van der Waals surface area contributed by atoms with Gasteiger partial charge in [-0.3, -0.25) is 0 Å². The summed E-state index contributed by atoms with van der Waals surface area (Å²) in [4.78, 5) is 0. The third kappa shape index (κ3) is 3.37. The van der Waals surface area contributed by atoms with Gasteiger partial charge in [0.1, 0.15) is 11.3 Å². The van der Waals surface area contributed by atoms with Crippen LogP contribution in [0.3, 0.4) is 0 Å². The monoisotopic (exact) mass is 261 g/mol. The van der Waals surface area contributed by atoms with Gasteiger partial charge in [0.05, 0.1) is 18.8 Å². The van der Waals surface area contributed by atoms with Crippen LogP contribution in [0.1, 0.15) is 32.6 Å². The summed E-state index contributed by atoms with van der Waals surface area (Å²) in [7, 11) is 1.93. The number of likely N-dealkylation sites (N-methyl/N-ethyl adjacent to an activating group) is 1. The summed E-state index contributed by atoms with van der Waals surface area (Å²) in [6.45, 7) is 7.06. The minimum absolute atomic E-state index is 0.0913. The molecule has 104 valence electrons. The molecule has 0 aliphatic heterocycles. The van der Waals surface area contributed by atoms with Crippen molar-refractivity contribution in [2.75, 3.05) is 13.7 Å². The molecular formula is C16H23NO2. The Bertz CT molecular complexity index is 485. The molecule has 0 amide bonds. The number of ether oxygens (including phenoxy) is 1. The van der Waals surface area contributed by atoms with Crippen LogP contribution >= 0.6 is 0 Å². The van der Waals surface area contributed by atoms with Gasteiger partial charge in [-0.2, -0.15) is 0 Å². The van der Waals surface area contributed by atoms with Crippen LogP contribution in [0.15, 0.2) is 34.7 Å². The molecule has 3 nitrogen and oxygen atoms in total.